The van der Waals surface area contributed by atoms with Crippen LogP contribution in [0.5, 0.6) is 0 Å². The first-order valence-electron chi connectivity index (χ1n) is 4.39. The van der Waals surface area contributed by atoms with E-state index in [-0.39, 0.29) is 12.5 Å². The molecule has 70 valence electrons. The molecule has 1 heterocycles. The molecule has 0 aromatic heterocycles. The predicted molar refractivity (Wildman–Crippen MR) is 49.1 cm³/mol. The van der Waals surface area contributed by atoms with E-state index in [9.17, 15) is 0 Å². The zero-order valence-electron chi connectivity index (χ0n) is 7.57. The van der Waals surface area contributed by atoms with Gasteiger partial charge in [0, 0.05) is 0 Å². The van der Waals surface area contributed by atoms with E-state index in [1.54, 1.807) is 0 Å². The van der Waals surface area contributed by atoms with Gasteiger partial charge in [-0.1, -0.05) is 30.3 Å². The fourth-order valence-electron chi connectivity index (χ4n) is 1.40. The molecule has 2 rings (SSSR count). The SMILES string of the molecule is CNC1OCC(c2ccccc2)O1. The molecule has 1 saturated heterocycles. The quantitative estimate of drug-likeness (QED) is 0.741. The molecule has 1 aromatic carbocycles. The summed E-state index contributed by atoms with van der Waals surface area (Å²) in [6.07, 6.45) is -0.191. The van der Waals surface area contributed by atoms with Gasteiger partial charge in [-0.15, -0.1) is 0 Å². The summed E-state index contributed by atoms with van der Waals surface area (Å²) in [6.45, 7) is 0.621. The van der Waals surface area contributed by atoms with Crippen molar-refractivity contribution in [3.05, 3.63) is 35.9 Å². The molecule has 0 spiro atoms. The monoisotopic (exact) mass is 179 g/mol. The highest BCUT2D eigenvalue weighted by Crippen LogP contribution is 2.24. The Hall–Kier alpha value is -0.900. The maximum absolute atomic E-state index is 5.56. The predicted octanol–water partition coefficient (Wildman–Crippen LogP) is 1.28. The third-order valence-electron chi connectivity index (χ3n) is 2.09. The van der Waals surface area contributed by atoms with Crippen LogP contribution in [0.25, 0.3) is 0 Å². The van der Waals surface area contributed by atoms with Crippen molar-refractivity contribution in [2.24, 2.45) is 0 Å². The van der Waals surface area contributed by atoms with Gasteiger partial charge in [0.1, 0.15) is 6.10 Å². The largest absolute Gasteiger partial charge is 0.337 e. The van der Waals surface area contributed by atoms with Crippen LogP contribution in [-0.4, -0.2) is 20.1 Å². The maximum atomic E-state index is 5.56. The fourth-order valence-corrected chi connectivity index (χ4v) is 1.40. The topological polar surface area (TPSA) is 30.5 Å². The summed E-state index contributed by atoms with van der Waals surface area (Å²) in [5.41, 5.74) is 1.17. The molecule has 0 saturated carbocycles. The number of nitrogens with one attached hydrogen (secondary N) is 1. The zero-order chi connectivity index (χ0) is 9.10. The third-order valence-corrected chi connectivity index (χ3v) is 2.09. The van der Waals surface area contributed by atoms with Crippen LogP contribution in [-0.2, 0) is 9.47 Å². The number of benzene rings is 1. The Morgan fingerprint density at radius 3 is 2.69 bits per heavy atom. The van der Waals surface area contributed by atoms with Gasteiger partial charge in [0.2, 0.25) is 6.41 Å². The summed E-state index contributed by atoms with van der Waals surface area (Å²) >= 11 is 0. The minimum atomic E-state index is -0.259. The molecule has 1 aliphatic rings. The van der Waals surface area contributed by atoms with Gasteiger partial charge in [-0.2, -0.15) is 0 Å². The van der Waals surface area contributed by atoms with Crippen molar-refractivity contribution in [3.8, 4) is 0 Å². The normalized spacial score (nSPS) is 27.8. The highest BCUT2D eigenvalue weighted by atomic mass is 16.7. The van der Waals surface area contributed by atoms with Crippen LogP contribution in [0, 0.1) is 0 Å². The lowest BCUT2D eigenvalue weighted by Gasteiger charge is -2.09. The lowest BCUT2D eigenvalue weighted by molar-refractivity contribution is -0.0761. The van der Waals surface area contributed by atoms with E-state index in [1.807, 2.05) is 37.4 Å². The Morgan fingerprint density at radius 2 is 2.08 bits per heavy atom. The van der Waals surface area contributed by atoms with Crippen molar-refractivity contribution in [2.45, 2.75) is 12.5 Å². The van der Waals surface area contributed by atoms with E-state index in [0.29, 0.717) is 6.61 Å². The minimum absolute atomic E-state index is 0.0682. The molecule has 0 bridgehead atoms. The summed E-state index contributed by atoms with van der Waals surface area (Å²) in [5.74, 6) is 0. The average Bonchev–Trinajstić information content (AvgIpc) is 2.67. The molecule has 3 nitrogen and oxygen atoms in total. The van der Waals surface area contributed by atoms with Crippen molar-refractivity contribution in [1.82, 2.24) is 5.32 Å². The Balaban J connectivity index is 2.04. The maximum Gasteiger partial charge on any atom is 0.216 e. The van der Waals surface area contributed by atoms with Crippen molar-refractivity contribution in [2.75, 3.05) is 13.7 Å². The fraction of sp³-hybridized carbons (Fsp3) is 0.400. The van der Waals surface area contributed by atoms with Gasteiger partial charge in [-0.25, -0.2) is 0 Å². The van der Waals surface area contributed by atoms with E-state index in [2.05, 4.69) is 5.32 Å². The summed E-state index contributed by atoms with van der Waals surface area (Å²) < 4.78 is 10.9. The molecular formula is C10H13NO2. The minimum Gasteiger partial charge on any atom is -0.337 e. The third kappa shape index (κ3) is 1.88. The zero-order valence-corrected chi connectivity index (χ0v) is 7.57. The van der Waals surface area contributed by atoms with E-state index in [4.69, 9.17) is 9.47 Å². The Bertz CT molecular complexity index is 263. The van der Waals surface area contributed by atoms with Gasteiger partial charge in [0.25, 0.3) is 0 Å². The summed E-state index contributed by atoms with van der Waals surface area (Å²) in [4.78, 5) is 0. The first kappa shape index (κ1) is 8.69. The van der Waals surface area contributed by atoms with Crippen LogP contribution in [0.2, 0.25) is 0 Å². The second-order valence-corrected chi connectivity index (χ2v) is 2.99. The van der Waals surface area contributed by atoms with Crippen molar-refractivity contribution in [3.63, 3.8) is 0 Å². The van der Waals surface area contributed by atoms with Crippen LogP contribution in [0.15, 0.2) is 30.3 Å². The summed E-state index contributed by atoms with van der Waals surface area (Å²) in [5, 5.41) is 2.92. The second kappa shape index (κ2) is 3.87. The Kier molecular flexibility index (Phi) is 2.59. The molecule has 13 heavy (non-hydrogen) atoms. The van der Waals surface area contributed by atoms with Crippen molar-refractivity contribution < 1.29 is 9.47 Å². The highest BCUT2D eigenvalue weighted by molar-refractivity contribution is 5.18. The molecule has 1 fully saturated rings. The smallest absolute Gasteiger partial charge is 0.216 e. The molecule has 1 aliphatic heterocycles. The van der Waals surface area contributed by atoms with Gasteiger partial charge in [0.15, 0.2) is 0 Å². The molecule has 0 radical (unpaired) electrons. The Morgan fingerprint density at radius 1 is 1.31 bits per heavy atom. The van der Waals surface area contributed by atoms with Gasteiger partial charge < -0.3 is 9.47 Å². The average molecular weight is 179 g/mol. The molecule has 1 aromatic rings. The second-order valence-electron chi connectivity index (χ2n) is 2.99. The van der Waals surface area contributed by atoms with Crippen LogP contribution < -0.4 is 5.32 Å². The van der Waals surface area contributed by atoms with Gasteiger partial charge >= 0.3 is 0 Å². The molecule has 0 amide bonds. The van der Waals surface area contributed by atoms with Gasteiger partial charge in [0.05, 0.1) is 6.61 Å². The van der Waals surface area contributed by atoms with Crippen LogP contribution in [0.3, 0.4) is 0 Å². The van der Waals surface area contributed by atoms with Crippen molar-refractivity contribution >= 4 is 0 Å². The molecular weight excluding hydrogens is 166 g/mol. The lowest BCUT2D eigenvalue weighted by Crippen LogP contribution is -2.25. The molecule has 0 aliphatic carbocycles. The van der Waals surface area contributed by atoms with Gasteiger partial charge in [-0.3, -0.25) is 5.32 Å². The summed E-state index contributed by atoms with van der Waals surface area (Å²) in [6, 6.07) is 10.1. The molecule has 3 heteroatoms. The number of ether oxygens (including phenoxy) is 2. The number of hydrogen-bond donors (Lipinski definition) is 1. The lowest BCUT2D eigenvalue weighted by atomic mass is 10.1. The molecule has 2 unspecified atom stereocenters. The van der Waals surface area contributed by atoms with Gasteiger partial charge in [-0.05, 0) is 12.6 Å². The van der Waals surface area contributed by atoms with E-state index < -0.39 is 0 Å². The summed E-state index contributed by atoms with van der Waals surface area (Å²) in [7, 11) is 1.82. The van der Waals surface area contributed by atoms with Crippen LogP contribution in [0.1, 0.15) is 11.7 Å². The van der Waals surface area contributed by atoms with Crippen molar-refractivity contribution in [1.29, 1.82) is 0 Å². The Labute approximate surface area is 77.7 Å². The first-order chi connectivity index (χ1) is 6.40. The van der Waals surface area contributed by atoms with E-state index in [0.717, 1.165) is 0 Å². The van der Waals surface area contributed by atoms with Crippen LogP contribution in [0.4, 0.5) is 0 Å². The van der Waals surface area contributed by atoms with Crippen LogP contribution >= 0.6 is 0 Å². The number of rotatable bonds is 2. The number of hydrogen-bond acceptors (Lipinski definition) is 3. The standard InChI is InChI=1S/C10H13NO2/c1-11-10-12-7-9(13-10)8-5-3-2-4-6-8/h2-6,9-11H,7H2,1H3. The van der Waals surface area contributed by atoms with E-state index in [1.165, 1.54) is 5.56 Å². The van der Waals surface area contributed by atoms with E-state index >= 15 is 0 Å². The first-order valence-corrected chi connectivity index (χ1v) is 4.39. The molecule has 1 N–H and O–H groups in total. The molecule has 2 atom stereocenters. The highest BCUT2D eigenvalue weighted by Gasteiger charge is 2.25.